The quantitative estimate of drug-likeness (QED) is 0.518. The molecule has 1 rings (SSSR count). The molecular weight excluding hydrogens is 110 g/mol. The van der Waals surface area contributed by atoms with Crippen LogP contribution >= 0.6 is 0 Å². The first-order valence-corrected chi connectivity index (χ1v) is 3.86. The standard InChI is InChI=1S/C8H17N/c1-7-4-5-8(6-7)9(2)3/h7-8H,4-6H2,1-3H3/t7-,8-/m1/s1. The molecule has 0 N–H and O–H groups in total. The van der Waals surface area contributed by atoms with Crippen LogP contribution < -0.4 is 0 Å². The molecule has 0 unspecified atom stereocenters. The molecule has 0 amide bonds. The average Bonchev–Trinajstić information content (AvgIpc) is 2.14. The van der Waals surface area contributed by atoms with E-state index in [0.29, 0.717) is 0 Å². The fraction of sp³-hybridized carbons (Fsp3) is 1.00. The van der Waals surface area contributed by atoms with E-state index < -0.39 is 0 Å². The summed E-state index contributed by atoms with van der Waals surface area (Å²) in [6, 6.07) is 0.875. The molecule has 1 aliphatic carbocycles. The second kappa shape index (κ2) is 2.70. The molecule has 54 valence electrons. The van der Waals surface area contributed by atoms with Gasteiger partial charge in [0.2, 0.25) is 0 Å². The third-order valence-electron chi connectivity index (χ3n) is 2.40. The van der Waals surface area contributed by atoms with Crippen molar-refractivity contribution in [2.75, 3.05) is 14.1 Å². The Balaban J connectivity index is 2.30. The van der Waals surface area contributed by atoms with Gasteiger partial charge >= 0.3 is 0 Å². The van der Waals surface area contributed by atoms with Gasteiger partial charge in [-0.3, -0.25) is 0 Å². The average molecular weight is 127 g/mol. The Bertz CT molecular complexity index is 88.6. The molecule has 1 saturated carbocycles. The third-order valence-corrected chi connectivity index (χ3v) is 2.40. The van der Waals surface area contributed by atoms with Gasteiger partial charge in [-0.2, -0.15) is 0 Å². The number of nitrogens with zero attached hydrogens (tertiary/aromatic N) is 1. The van der Waals surface area contributed by atoms with Gasteiger partial charge in [0.05, 0.1) is 0 Å². The fourth-order valence-electron chi connectivity index (χ4n) is 1.65. The highest BCUT2D eigenvalue weighted by Gasteiger charge is 2.21. The summed E-state index contributed by atoms with van der Waals surface area (Å²) in [6.45, 7) is 2.35. The molecule has 0 saturated heterocycles. The van der Waals surface area contributed by atoms with Crippen LogP contribution in [0, 0.1) is 5.92 Å². The Morgan fingerprint density at radius 1 is 1.22 bits per heavy atom. The summed E-state index contributed by atoms with van der Waals surface area (Å²) in [4.78, 5) is 2.35. The van der Waals surface area contributed by atoms with Crippen molar-refractivity contribution < 1.29 is 0 Å². The van der Waals surface area contributed by atoms with Crippen LogP contribution in [0.25, 0.3) is 0 Å². The number of rotatable bonds is 1. The van der Waals surface area contributed by atoms with E-state index >= 15 is 0 Å². The van der Waals surface area contributed by atoms with Crippen molar-refractivity contribution in [2.45, 2.75) is 32.2 Å². The second-order valence-electron chi connectivity index (χ2n) is 3.54. The van der Waals surface area contributed by atoms with E-state index in [1.165, 1.54) is 19.3 Å². The van der Waals surface area contributed by atoms with Crippen molar-refractivity contribution in [1.29, 1.82) is 0 Å². The topological polar surface area (TPSA) is 3.24 Å². The Morgan fingerprint density at radius 3 is 2.11 bits per heavy atom. The SMILES string of the molecule is C[C@@H]1CC[C@@H](N(C)C)C1. The molecule has 0 bridgehead atoms. The first-order valence-electron chi connectivity index (χ1n) is 3.86. The fourth-order valence-corrected chi connectivity index (χ4v) is 1.65. The second-order valence-corrected chi connectivity index (χ2v) is 3.54. The number of hydrogen-bond acceptors (Lipinski definition) is 1. The van der Waals surface area contributed by atoms with Crippen LogP contribution in [-0.2, 0) is 0 Å². The zero-order valence-corrected chi connectivity index (χ0v) is 6.72. The van der Waals surface area contributed by atoms with Gasteiger partial charge in [0.15, 0.2) is 0 Å². The molecule has 1 aliphatic rings. The van der Waals surface area contributed by atoms with Crippen LogP contribution in [-0.4, -0.2) is 25.0 Å². The van der Waals surface area contributed by atoms with Gasteiger partial charge < -0.3 is 4.90 Å². The van der Waals surface area contributed by atoms with Gasteiger partial charge in [-0.15, -0.1) is 0 Å². The van der Waals surface area contributed by atoms with Gasteiger partial charge in [-0.1, -0.05) is 6.92 Å². The molecule has 0 aromatic carbocycles. The molecule has 1 fully saturated rings. The van der Waals surface area contributed by atoms with Crippen LogP contribution in [0.4, 0.5) is 0 Å². The van der Waals surface area contributed by atoms with Crippen molar-refractivity contribution in [1.82, 2.24) is 4.90 Å². The van der Waals surface area contributed by atoms with Crippen molar-refractivity contribution in [3.8, 4) is 0 Å². The van der Waals surface area contributed by atoms with Crippen molar-refractivity contribution in [2.24, 2.45) is 5.92 Å². The van der Waals surface area contributed by atoms with E-state index in [0.717, 1.165) is 12.0 Å². The first kappa shape index (κ1) is 7.07. The maximum absolute atomic E-state index is 2.35. The molecular formula is C8H17N. The lowest BCUT2D eigenvalue weighted by atomic mass is 10.1. The van der Waals surface area contributed by atoms with E-state index in [-0.39, 0.29) is 0 Å². The summed E-state index contributed by atoms with van der Waals surface area (Å²) < 4.78 is 0. The Kier molecular flexibility index (Phi) is 2.12. The van der Waals surface area contributed by atoms with Gasteiger partial charge in [0.1, 0.15) is 0 Å². The normalized spacial score (nSPS) is 36.0. The predicted octanol–water partition coefficient (Wildman–Crippen LogP) is 1.74. The summed E-state index contributed by atoms with van der Waals surface area (Å²) in [6.07, 6.45) is 4.25. The van der Waals surface area contributed by atoms with Gasteiger partial charge in [-0.05, 0) is 39.3 Å². The lowest BCUT2D eigenvalue weighted by molar-refractivity contribution is 0.293. The zero-order chi connectivity index (χ0) is 6.85. The van der Waals surface area contributed by atoms with E-state index in [4.69, 9.17) is 0 Å². The van der Waals surface area contributed by atoms with E-state index in [9.17, 15) is 0 Å². The van der Waals surface area contributed by atoms with Crippen molar-refractivity contribution in [3.63, 3.8) is 0 Å². The lowest BCUT2D eigenvalue weighted by Gasteiger charge is -2.17. The molecule has 0 aromatic rings. The zero-order valence-electron chi connectivity index (χ0n) is 6.72. The highest BCUT2D eigenvalue weighted by atomic mass is 15.1. The van der Waals surface area contributed by atoms with Crippen LogP contribution in [0.1, 0.15) is 26.2 Å². The van der Waals surface area contributed by atoms with Crippen LogP contribution in [0.3, 0.4) is 0 Å². The highest BCUT2D eigenvalue weighted by Crippen LogP contribution is 2.26. The van der Waals surface area contributed by atoms with E-state index in [1.54, 1.807) is 0 Å². The summed E-state index contributed by atoms with van der Waals surface area (Å²) in [5.41, 5.74) is 0. The van der Waals surface area contributed by atoms with E-state index in [2.05, 4.69) is 25.9 Å². The third kappa shape index (κ3) is 1.68. The molecule has 2 atom stereocenters. The minimum absolute atomic E-state index is 0.875. The van der Waals surface area contributed by atoms with E-state index in [1.807, 2.05) is 0 Å². The Morgan fingerprint density at radius 2 is 1.89 bits per heavy atom. The van der Waals surface area contributed by atoms with Gasteiger partial charge in [0, 0.05) is 6.04 Å². The monoisotopic (exact) mass is 127 g/mol. The maximum Gasteiger partial charge on any atom is 0.00918 e. The molecule has 0 aliphatic heterocycles. The van der Waals surface area contributed by atoms with Crippen molar-refractivity contribution in [3.05, 3.63) is 0 Å². The molecule has 0 spiro atoms. The van der Waals surface area contributed by atoms with Crippen LogP contribution in [0.5, 0.6) is 0 Å². The Hall–Kier alpha value is -0.0400. The summed E-state index contributed by atoms with van der Waals surface area (Å²) in [7, 11) is 4.37. The van der Waals surface area contributed by atoms with Crippen molar-refractivity contribution >= 4 is 0 Å². The molecule has 1 nitrogen and oxygen atoms in total. The highest BCUT2D eigenvalue weighted by molar-refractivity contribution is 4.77. The maximum atomic E-state index is 2.35. The van der Waals surface area contributed by atoms with Crippen LogP contribution in [0.15, 0.2) is 0 Å². The minimum atomic E-state index is 0.875. The van der Waals surface area contributed by atoms with Crippen LogP contribution in [0.2, 0.25) is 0 Å². The summed E-state index contributed by atoms with van der Waals surface area (Å²) >= 11 is 0. The lowest BCUT2D eigenvalue weighted by Crippen LogP contribution is -2.24. The van der Waals surface area contributed by atoms with Gasteiger partial charge in [-0.25, -0.2) is 0 Å². The largest absolute Gasteiger partial charge is 0.306 e. The first-order chi connectivity index (χ1) is 4.20. The Labute approximate surface area is 58.0 Å². The molecule has 9 heavy (non-hydrogen) atoms. The smallest absolute Gasteiger partial charge is 0.00918 e. The van der Waals surface area contributed by atoms with Gasteiger partial charge in [0.25, 0.3) is 0 Å². The minimum Gasteiger partial charge on any atom is -0.306 e. The number of hydrogen-bond donors (Lipinski definition) is 0. The predicted molar refractivity (Wildman–Crippen MR) is 40.5 cm³/mol. The molecule has 0 radical (unpaired) electrons. The summed E-state index contributed by atoms with van der Waals surface area (Å²) in [5, 5.41) is 0. The molecule has 0 aromatic heterocycles. The summed E-state index contributed by atoms with van der Waals surface area (Å²) in [5.74, 6) is 0.970. The molecule has 0 heterocycles. The molecule has 1 heteroatoms.